The van der Waals surface area contributed by atoms with E-state index in [1.165, 1.54) is 0 Å². The zero-order valence-electron chi connectivity index (χ0n) is 5.99. The molecular formula is C8H7N3. The molecule has 3 nitrogen and oxygen atoms in total. The zero-order valence-corrected chi connectivity index (χ0v) is 5.99. The van der Waals surface area contributed by atoms with Gasteiger partial charge in [-0.25, -0.2) is 0 Å². The van der Waals surface area contributed by atoms with Gasteiger partial charge < -0.3 is 0 Å². The first-order valence-corrected chi connectivity index (χ1v) is 3.57. The summed E-state index contributed by atoms with van der Waals surface area (Å²) in [7, 11) is 0. The van der Waals surface area contributed by atoms with Crippen LogP contribution in [0.4, 0.5) is 0 Å². The number of hydrogen-bond acceptors (Lipinski definition) is 3. The molecule has 0 saturated heterocycles. The van der Waals surface area contributed by atoms with E-state index in [0.29, 0.717) is 0 Å². The molecule has 0 bridgehead atoms. The van der Waals surface area contributed by atoms with Gasteiger partial charge in [-0.3, -0.25) is 0 Å². The van der Waals surface area contributed by atoms with Crippen LogP contribution in [0.5, 0.6) is 0 Å². The smallest absolute Gasteiger partial charge is 0.101 e. The Bertz CT molecular complexity index is 295. The molecule has 0 amide bonds. The number of hydrogen-bond donors (Lipinski definition) is 0. The first-order chi connectivity index (χ1) is 5.37. The van der Waals surface area contributed by atoms with Crippen molar-refractivity contribution in [1.82, 2.24) is 10.2 Å². The van der Waals surface area contributed by atoms with Crippen molar-refractivity contribution in [2.24, 2.45) is 0 Å². The minimum Gasteiger partial charge on any atom is -0.197 e. The molecule has 11 heavy (non-hydrogen) atoms. The monoisotopic (exact) mass is 145 g/mol. The van der Waals surface area contributed by atoms with Crippen LogP contribution in [0.3, 0.4) is 0 Å². The Kier molecular flexibility index (Phi) is 1.16. The van der Waals surface area contributed by atoms with E-state index in [4.69, 9.17) is 5.26 Å². The van der Waals surface area contributed by atoms with Gasteiger partial charge in [0, 0.05) is 6.20 Å². The number of nitriles is 1. The van der Waals surface area contributed by atoms with E-state index in [1.807, 2.05) is 12.1 Å². The summed E-state index contributed by atoms with van der Waals surface area (Å²) in [6, 6.07) is 5.95. The lowest BCUT2D eigenvalue weighted by Gasteiger charge is -2.00. The summed E-state index contributed by atoms with van der Waals surface area (Å²) in [5.41, 5.74) is 0.538. The molecule has 0 unspecified atom stereocenters. The summed E-state index contributed by atoms with van der Waals surface area (Å²) >= 11 is 0. The molecular weight excluding hydrogens is 138 g/mol. The van der Waals surface area contributed by atoms with Gasteiger partial charge in [-0.05, 0) is 25.0 Å². The minimum absolute atomic E-state index is 0.283. The Morgan fingerprint density at radius 3 is 2.82 bits per heavy atom. The third-order valence-electron chi connectivity index (χ3n) is 2.03. The highest BCUT2D eigenvalue weighted by Crippen LogP contribution is 2.46. The lowest BCUT2D eigenvalue weighted by atomic mass is 10.1. The van der Waals surface area contributed by atoms with Gasteiger partial charge in [-0.2, -0.15) is 15.5 Å². The van der Waals surface area contributed by atoms with Gasteiger partial charge >= 0.3 is 0 Å². The lowest BCUT2D eigenvalue weighted by Crippen LogP contribution is -2.05. The third-order valence-corrected chi connectivity index (χ3v) is 2.03. The first kappa shape index (κ1) is 6.29. The molecule has 1 aliphatic carbocycles. The molecule has 0 aliphatic heterocycles. The van der Waals surface area contributed by atoms with E-state index < -0.39 is 0 Å². The Hall–Kier alpha value is -1.43. The van der Waals surface area contributed by atoms with Crippen LogP contribution in [0.1, 0.15) is 18.5 Å². The molecule has 0 atom stereocenters. The Balaban J connectivity index is 2.39. The lowest BCUT2D eigenvalue weighted by molar-refractivity contribution is 0.806. The highest BCUT2D eigenvalue weighted by molar-refractivity contribution is 5.32. The zero-order chi connectivity index (χ0) is 7.73. The standard InChI is InChI=1S/C8H7N3/c9-6-8(3-4-8)7-2-1-5-10-11-7/h1-2,5H,3-4H2. The molecule has 0 spiro atoms. The van der Waals surface area contributed by atoms with Crippen molar-refractivity contribution in [1.29, 1.82) is 5.26 Å². The van der Waals surface area contributed by atoms with Crippen LogP contribution in [0.15, 0.2) is 18.3 Å². The molecule has 1 heterocycles. The van der Waals surface area contributed by atoms with Crippen molar-refractivity contribution in [3.63, 3.8) is 0 Å². The molecule has 54 valence electrons. The third kappa shape index (κ3) is 0.874. The second-order valence-electron chi connectivity index (χ2n) is 2.80. The topological polar surface area (TPSA) is 49.6 Å². The molecule has 0 radical (unpaired) electrons. The molecule has 1 aromatic heterocycles. The number of nitrogens with zero attached hydrogens (tertiary/aromatic N) is 3. The van der Waals surface area contributed by atoms with Gasteiger partial charge in [0.1, 0.15) is 5.41 Å². The van der Waals surface area contributed by atoms with Crippen molar-refractivity contribution in [2.75, 3.05) is 0 Å². The van der Waals surface area contributed by atoms with Gasteiger partial charge in [0.15, 0.2) is 0 Å². The molecule has 1 saturated carbocycles. The predicted molar refractivity (Wildman–Crippen MR) is 38.6 cm³/mol. The summed E-state index contributed by atoms with van der Waals surface area (Å²) in [4.78, 5) is 0. The maximum Gasteiger partial charge on any atom is 0.101 e. The minimum atomic E-state index is -0.283. The Morgan fingerprint density at radius 1 is 1.55 bits per heavy atom. The second-order valence-corrected chi connectivity index (χ2v) is 2.80. The molecule has 0 aromatic carbocycles. The quantitative estimate of drug-likeness (QED) is 0.593. The van der Waals surface area contributed by atoms with E-state index in [9.17, 15) is 0 Å². The van der Waals surface area contributed by atoms with Gasteiger partial charge in [-0.1, -0.05) is 0 Å². The average Bonchev–Trinajstić information content (AvgIpc) is 2.86. The van der Waals surface area contributed by atoms with Gasteiger partial charge in [-0.15, -0.1) is 0 Å². The fourth-order valence-electron chi connectivity index (χ4n) is 1.11. The van der Waals surface area contributed by atoms with Crippen LogP contribution >= 0.6 is 0 Å². The van der Waals surface area contributed by atoms with Crippen molar-refractivity contribution < 1.29 is 0 Å². The van der Waals surface area contributed by atoms with Crippen LogP contribution in [0.2, 0.25) is 0 Å². The van der Waals surface area contributed by atoms with Crippen LogP contribution in [0, 0.1) is 11.3 Å². The highest BCUT2D eigenvalue weighted by atomic mass is 15.1. The molecule has 1 fully saturated rings. The summed E-state index contributed by atoms with van der Waals surface area (Å²) < 4.78 is 0. The van der Waals surface area contributed by atoms with Crippen LogP contribution < -0.4 is 0 Å². The van der Waals surface area contributed by atoms with E-state index in [-0.39, 0.29) is 5.41 Å². The molecule has 2 rings (SSSR count). The Morgan fingerprint density at radius 2 is 2.36 bits per heavy atom. The van der Waals surface area contributed by atoms with Crippen molar-refractivity contribution in [3.05, 3.63) is 24.0 Å². The summed E-state index contributed by atoms with van der Waals surface area (Å²) in [6.07, 6.45) is 3.49. The van der Waals surface area contributed by atoms with Crippen LogP contribution in [-0.2, 0) is 5.41 Å². The van der Waals surface area contributed by atoms with Crippen LogP contribution in [-0.4, -0.2) is 10.2 Å². The van der Waals surface area contributed by atoms with Gasteiger partial charge in [0.25, 0.3) is 0 Å². The summed E-state index contributed by atoms with van der Waals surface area (Å²) in [5, 5.41) is 16.4. The highest BCUT2D eigenvalue weighted by Gasteiger charge is 2.46. The van der Waals surface area contributed by atoms with Gasteiger partial charge in [0.05, 0.1) is 11.8 Å². The molecule has 1 aromatic rings. The largest absolute Gasteiger partial charge is 0.197 e. The fraction of sp³-hybridized carbons (Fsp3) is 0.375. The fourth-order valence-corrected chi connectivity index (χ4v) is 1.11. The van der Waals surface area contributed by atoms with E-state index >= 15 is 0 Å². The van der Waals surface area contributed by atoms with Crippen LogP contribution in [0.25, 0.3) is 0 Å². The molecule has 0 N–H and O–H groups in total. The van der Waals surface area contributed by atoms with Gasteiger partial charge in [0.2, 0.25) is 0 Å². The van der Waals surface area contributed by atoms with Crippen molar-refractivity contribution >= 4 is 0 Å². The number of aromatic nitrogens is 2. The number of rotatable bonds is 1. The Labute approximate surface area is 64.7 Å². The van der Waals surface area contributed by atoms with E-state index in [2.05, 4.69) is 16.3 Å². The maximum atomic E-state index is 8.79. The summed E-state index contributed by atoms with van der Waals surface area (Å²) in [5.74, 6) is 0. The van der Waals surface area contributed by atoms with Crippen molar-refractivity contribution in [3.8, 4) is 6.07 Å². The van der Waals surface area contributed by atoms with E-state index in [0.717, 1.165) is 18.5 Å². The van der Waals surface area contributed by atoms with E-state index in [1.54, 1.807) is 6.20 Å². The first-order valence-electron chi connectivity index (χ1n) is 3.57. The van der Waals surface area contributed by atoms with Crippen molar-refractivity contribution in [2.45, 2.75) is 18.3 Å². The predicted octanol–water partition coefficient (Wildman–Crippen LogP) is 1.03. The maximum absolute atomic E-state index is 8.79. The molecule has 1 aliphatic rings. The SMILES string of the molecule is N#CC1(c2cccnn2)CC1. The molecule has 3 heteroatoms. The summed E-state index contributed by atoms with van der Waals surface area (Å²) in [6.45, 7) is 0. The second kappa shape index (κ2) is 2.03. The normalized spacial score (nSPS) is 18.8. The average molecular weight is 145 g/mol.